The van der Waals surface area contributed by atoms with Gasteiger partial charge in [0.25, 0.3) is 5.91 Å². The minimum Gasteiger partial charge on any atom is -0.496 e. The number of ether oxygens (including phenoxy) is 1. The molecule has 1 atom stereocenters. The first kappa shape index (κ1) is 14.8. The number of halogens is 2. The Kier molecular flexibility index (Phi) is 4.57. The third-order valence-electron chi connectivity index (χ3n) is 2.92. The van der Waals surface area contributed by atoms with Crippen molar-refractivity contribution >= 4 is 29.1 Å². The van der Waals surface area contributed by atoms with Gasteiger partial charge in [-0.15, -0.1) is 0 Å². The summed E-state index contributed by atoms with van der Waals surface area (Å²) in [6, 6.07) is 8.80. The van der Waals surface area contributed by atoms with Gasteiger partial charge < -0.3 is 15.0 Å². The summed E-state index contributed by atoms with van der Waals surface area (Å²) in [7, 11) is 1.60. The van der Waals surface area contributed by atoms with E-state index >= 15 is 0 Å². The van der Waals surface area contributed by atoms with Crippen LogP contribution in [-0.4, -0.2) is 18.0 Å². The van der Waals surface area contributed by atoms with Gasteiger partial charge in [0.1, 0.15) is 16.6 Å². The largest absolute Gasteiger partial charge is 0.496 e. The predicted molar refractivity (Wildman–Crippen MR) is 79.7 cm³/mol. The van der Waals surface area contributed by atoms with Gasteiger partial charge in [0.15, 0.2) is 0 Å². The third-order valence-corrected chi connectivity index (χ3v) is 3.62. The summed E-state index contributed by atoms with van der Waals surface area (Å²) >= 11 is 11.6. The number of H-pyrrole nitrogens is 1. The number of benzene rings is 1. The number of carbonyl (C=O) groups is 1. The number of para-hydroxylation sites is 1. The van der Waals surface area contributed by atoms with Crippen molar-refractivity contribution in [2.75, 3.05) is 7.11 Å². The molecule has 0 aliphatic heterocycles. The van der Waals surface area contributed by atoms with Crippen LogP contribution in [0.2, 0.25) is 10.2 Å². The molecule has 20 heavy (non-hydrogen) atoms. The highest BCUT2D eigenvalue weighted by molar-refractivity contribution is 6.41. The lowest BCUT2D eigenvalue weighted by molar-refractivity contribution is 0.0935. The van der Waals surface area contributed by atoms with Crippen LogP contribution in [-0.2, 0) is 0 Å². The number of amides is 1. The lowest BCUT2D eigenvalue weighted by Gasteiger charge is -2.16. The van der Waals surface area contributed by atoms with E-state index in [2.05, 4.69) is 10.3 Å². The van der Waals surface area contributed by atoms with Crippen molar-refractivity contribution in [1.29, 1.82) is 0 Å². The van der Waals surface area contributed by atoms with Crippen LogP contribution < -0.4 is 10.1 Å². The van der Waals surface area contributed by atoms with Gasteiger partial charge in [0.05, 0.1) is 18.2 Å². The van der Waals surface area contributed by atoms with Gasteiger partial charge in [-0.3, -0.25) is 4.79 Å². The molecule has 1 aromatic carbocycles. The molecule has 2 aromatic rings. The van der Waals surface area contributed by atoms with Crippen LogP contribution in [0.15, 0.2) is 30.3 Å². The summed E-state index contributed by atoms with van der Waals surface area (Å²) in [5.41, 5.74) is 1.22. The second kappa shape index (κ2) is 6.20. The molecule has 2 rings (SSSR count). The number of hydrogen-bond acceptors (Lipinski definition) is 2. The molecule has 0 fully saturated rings. The topological polar surface area (TPSA) is 54.1 Å². The standard InChI is InChI=1S/C14H14Cl2N2O2/c1-8(9-5-3-4-6-12(9)20-2)17-14(19)11-7-10(15)13(16)18-11/h3-8,18H,1-2H3,(H,17,19)/t8-/m1/s1. The summed E-state index contributed by atoms with van der Waals surface area (Å²) in [4.78, 5) is 14.8. The molecule has 0 radical (unpaired) electrons. The number of methoxy groups -OCH3 is 1. The summed E-state index contributed by atoms with van der Waals surface area (Å²) in [5.74, 6) is 0.444. The molecule has 0 saturated heterocycles. The van der Waals surface area contributed by atoms with E-state index in [0.29, 0.717) is 10.7 Å². The smallest absolute Gasteiger partial charge is 0.268 e. The van der Waals surface area contributed by atoms with Crippen molar-refractivity contribution in [3.8, 4) is 5.75 Å². The fourth-order valence-electron chi connectivity index (χ4n) is 1.90. The summed E-state index contributed by atoms with van der Waals surface area (Å²) in [5, 5.41) is 3.43. The minimum absolute atomic E-state index is 0.209. The number of rotatable bonds is 4. The average molecular weight is 313 g/mol. The number of hydrogen-bond donors (Lipinski definition) is 2. The highest BCUT2D eigenvalue weighted by Crippen LogP contribution is 2.25. The molecule has 0 aliphatic carbocycles. The number of nitrogens with one attached hydrogen (secondary N) is 2. The first-order chi connectivity index (χ1) is 9.52. The Morgan fingerprint density at radius 1 is 1.35 bits per heavy atom. The molecule has 4 nitrogen and oxygen atoms in total. The van der Waals surface area contributed by atoms with Gasteiger partial charge in [0.2, 0.25) is 0 Å². The highest BCUT2D eigenvalue weighted by atomic mass is 35.5. The van der Waals surface area contributed by atoms with E-state index < -0.39 is 0 Å². The van der Waals surface area contributed by atoms with Crippen molar-refractivity contribution in [3.05, 3.63) is 51.8 Å². The zero-order chi connectivity index (χ0) is 14.7. The van der Waals surface area contributed by atoms with Crippen LogP contribution in [0.3, 0.4) is 0 Å². The molecule has 0 bridgehead atoms. The van der Waals surface area contributed by atoms with Crippen molar-refractivity contribution < 1.29 is 9.53 Å². The summed E-state index contributed by atoms with van der Waals surface area (Å²) in [6.45, 7) is 1.88. The second-order valence-corrected chi connectivity index (χ2v) is 5.07. The summed E-state index contributed by atoms with van der Waals surface area (Å²) in [6.07, 6.45) is 0. The van der Waals surface area contributed by atoms with Gasteiger partial charge in [0, 0.05) is 5.56 Å². The van der Waals surface area contributed by atoms with E-state index in [1.54, 1.807) is 7.11 Å². The Hall–Kier alpha value is -1.65. The predicted octanol–water partition coefficient (Wildman–Crippen LogP) is 3.82. The molecule has 1 aromatic heterocycles. The summed E-state index contributed by atoms with van der Waals surface area (Å²) < 4.78 is 5.28. The van der Waals surface area contributed by atoms with Gasteiger partial charge in [-0.25, -0.2) is 0 Å². The van der Waals surface area contributed by atoms with E-state index in [9.17, 15) is 4.79 Å². The molecule has 1 heterocycles. The molecular weight excluding hydrogens is 299 g/mol. The molecular formula is C14H14Cl2N2O2. The first-order valence-electron chi connectivity index (χ1n) is 6.00. The van der Waals surface area contributed by atoms with Crippen molar-refractivity contribution in [2.24, 2.45) is 0 Å². The van der Waals surface area contributed by atoms with Crippen molar-refractivity contribution in [3.63, 3.8) is 0 Å². The normalized spacial score (nSPS) is 12.0. The average Bonchev–Trinajstić information content (AvgIpc) is 2.78. The van der Waals surface area contributed by atoms with Crippen LogP contribution in [0.1, 0.15) is 29.0 Å². The van der Waals surface area contributed by atoms with Gasteiger partial charge in [-0.2, -0.15) is 0 Å². The van der Waals surface area contributed by atoms with Crippen LogP contribution in [0.5, 0.6) is 5.75 Å². The molecule has 6 heteroatoms. The van der Waals surface area contributed by atoms with Crippen LogP contribution in [0.25, 0.3) is 0 Å². The van der Waals surface area contributed by atoms with Gasteiger partial charge in [-0.1, -0.05) is 41.4 Å². The maximum Gasteiger partial charge on any atom is 0.268 e. The Balaban J connectivity index is 2.15. The van der Waals surface area contributed by atoms with E-state index in [1.807, 2.05) is 31.2 Å². The van der Waals surface area contributed by atoms with Crippen LogP contribution in [0, 0.1) is 0 Å². The zero-order valence-corrected chi connectivity index (χ0v) is 12.5. The maximum absolute atomic E-state index is 12.1. The Labute approximate surface area is 127 Å². The Morgan fingerprint density at radius 3 is 2.65 bits per heavy atom. The van der Waals surface area contributed by atoms with Crippen LogP contribution >= 0.6 is 23.2 Å². The minimum atomic E-state index is -0.280. The highest BCUT2D eigenvalue weighted by Gasteiger charge is 2.17. The SMILES string of the molecule is COc1ccccc1[C@@H](C)NC(=O)c1cc(Cl)c(Cl)[nH]1. The van der Waals surface area contributed by atoms with E-state index in [-0.39, 0.29) is 17.1 Å². The van der Waals surface area contributed by atoms with E-state index in [0.717, 1.165) is 11.3 Å². The Morgan fingerprint density at radius 2 is 2.05 bits per heavy atom. The fraction of sp³-hybridized carbons (Fsp3) is 0.214. The number of aromatic amines is 1. The lowest BCUT2D eigenvalue weighted by Crippen LogP contribution is -2.27. The molecule has 106 valence electrons. The van der Waals surface area contributed by atoms with Gasteiger partial charge >= 0.3 is 0 Å². The van der Waals surface area contributed by atoms with Crippen LogP contribution in [0.4, 0.5) is 0 Å². The van der Waals surface area contributed by atoms with E-state index in [4.69, 9.17) is 27.9 Å². The molecule has 2 N–H and O–H groups in total. The number of carbonyl (C=O) groups excluding carboxylic acids is 1. The van der Waals surface area contributed by atoms with E-state index in [1.165, 1.54) is 6.07 Å². The molecule has 0 spiro atoms. The first-order valence-corrected chi connectivity index (χ1v) is 6.76. The lowest BCUT2D eigenvalue weighted by atomic mass is 10.1. The fourth-order valence-corrected chi connectivity index (χ4v) is 2.22. The van der Waals surface area contributed by atoms with Crippen molar-refractivity contribution in [1.82, 2.24) is 10.3 Å². The third kappa shape index (κ3) is 3.08. The molecule has 0 unspecified atom stereocenters. The van der Waals surface area contributed by atoms with Crippen molar-refractivity contribution in [2.45, 2.75) is 13.0 Å². The Bertz CT molecular complexity index is 606. The van der Waals surface area contributed by atoms with Gasteiger partial charge in [-0.05, 0) is 19.1 Å². The quantitative estimate of drug-likeness (QED) is 0.901. The maximum atomic E-state index is 12.1. The monoisotopic (exact) mass is 312 g/mol. The number of aromatic nitrogens is 1. The second-order valence-electron chi connectivity index (χ2n) is 4.28. The molecule has 0 saturated carbocycles. The molecule has 0 aliphatic rings. The zero-order valence-electron chi connectivity index (χ0n) is 11.0. The molecule has 1 amide bonds.